The number of aryl methyl sites for hydroxylation is 1. The quantitative estimate of drug-likeness (QED) is 0.784. The second-order valence-electron chi connectivity index (χ2n) is 4.42. The average Bonchev–Trinajstić information content (AvgIpc) is 2.41. The molecule has 3 heteroatoms. The highest BCUT2D eigenvalue weighted by Crippen LogP contribution is 2.25. The van der Waals surface area contributed by atoms with Gasteiger partial charge in [0.2, 0.25) is 0 Å². The highest BCUT2D eigenvalue weighted by atomic mass is 35.5. The molecule has 0 saturated heterocycles. The number of ether oxygens (including phenoxy) is 1. The van der Waals surface area contributed by atoms with Crippen LogP contribution in [0.15, 0.2) is 36.4 Å². The lowest BCUT2D eigenvalue weighted by molar-refractivity contribution is 0.103. The Morgan fingerprint density at radius 1 is 1.11 bits per heavy atom. The van der Waals surface area contributed by atoms with Crippen molar-refractivity contribution < 1.29 is 9.53 Å². The second kappa shape index (κ2) is 5.45. The minimum Gasteiger partial charge on any atom is -0.496 e. The molecule has 0 radical (unpaired) electrons. The molecule has 0 amide bonds. The fraction of sp³-hybridized carbons (Fsp3) is 0.188. The van der Waals surface area contributed by atoms with Gasteiger partial charge in [-0.2, -0.15) is 0 Å². The van der Waals surface area contributed by atoms with E-state index >= 15 is 0 Å². The zero-order valence-electron chi connectivity index (χ0n) is 11.2. The Morgan fingerprint density at radius 3 is 2.53 bits per heavy atom. The van der Waals surface area contributed by atoms with Gasteiger partial charge in [0, 0.05) is 21.7 Å². The number of halogens is 1. The van der Waals surface area contributed by atoms with Crippen LogP contribution in [0.5, 0.6) is 5.75 Å². The van der Waals surface area contributed by atoms with Gasteiger partial charge in [0.05, 0.1) is 7.11 Å². The lowest BCUT2D eigenvalue weighted by atomic mass is 9.96. The van der Waals surface area contributed by atoms with Crippen molar-refractivity contribution >= 4 is 17.4 Å². The summed E-state index contributed by atoms with van der Waals surface area (Å²) in [5.41, 5.74) is 3.03. The first kappa shape index (κ1) is 13.6. The molecule has 0 bridgehead atoms. The average molecular weight is 275 g/mol. The van der Waals surface area contributed by atoms with Crippen molar-refractivity contribution in [3.05, 3.63) is 63.7 Å². The Morgan fingerprint density at radius 2 is 1.84 bits per heavy atom. The van der Waals surface area contributed by atoms with E-state index in [1.165, 1.54) is 0 Å². The van der Waals surface area contributed by atoms with Crippen LogP contribution < -0.4 is 4.74 Å². The first-order valence-corrected chi connectivity index (χ1v) is 6.37. The molecule has 0 aliphatic carbocycles. The third-order valence-electron chi connectivity index (χ3n) is 3.19. The molecule has 98 valence electrons. The van der Waals surface area contributed by atoms with Gasteiger partial charge in [-0.1, -0.05) is 29.8 Å². The molecule has 19 heavy (non-hydrogen) atoms. The predicted molar refractivity (Wildman–Crippen MR) is 77.4 cm³/mol. The lowest BCUT2D eigenvalue weighted by Crippen LogP contribution is -2.06. The standard InChI is InChI=1S/C16H15ClO2/c1-10-7-8-12(17)9-14(10)16(18)13-5-4-6-15(19-3)11(13)2/h4-9H,1-3H3. The molecule has 0 heterocycles. The number of hydrogen-bond acceptors (Lipinski definition) is 2. The summed E-state index contributed by atoms with van der Waals surface area (Å²) in [6.07, 6.45) is 0. The van der Waals surface area contributed by atoms with Crippen LogP contribution in [0.2, 0.25) is 5.02 Å². The molecule has 0 spiro atoms. The number of benzene rings is 2. The van der Waals surface area contributed by atoms with Crippen molar-refractivity contribution in [2.75, 3.05) is 7.11 Å². The van der Waals surface area contributed by atoms with Crippen molar-refractivity contribution in [2.45, 2.75) is 13.8 Å². The molecule has 0 atom stereocenters. The van der Waals surface area contributed by atoms with Gasteiger partial charge < -0.3 is 4.74 Å². The Labute approximate surface area is 118 Å². The largest absolute Gasteiger partial charge is 0.496 e. The summed E-state index contributed by atoms with van der Waals surface area (Å²) in [6, 6.07) is 10.8. The third-order valence-corrected chi connectivity index (χ3v) is 3.43. The topological polar surface area (TPSA) is 26.3 Å². The molecule has 0 unspecified atom stereocenters. The van der Waals surface area contributed by atoms with Gasteiger partial charge in [-0.3, -0.25) is 4.79 Å². The van der Waals surface area contributed by atoms with Gasteiger partial charge in [-0.05, 0) is 37.6 Å². The van der Waals surface area contributed by atoms with E-state index in [1.54, 1.807) is 25.3 Å². The maximum Gasteiger partial charge on any atom is 0.193 e. The smallest absolute Gasteiger partial charge is 0.193 e. The summed E-state index contributed by atoms with van der Waals surface area (Å²) in [6.45, 7) is 3.78. The van der Waals surface area contributed by atoms with E-state index in [2.05, 4.69) is 0 Å². The number of hydrogen-bond donors (Lipinski definition) is 0. The van der Waals surface area contributed by atoms with Crippen LogP contribution in [0.1, 0.15) is 27.0 Å². The summed E-state index contributed by atoms with van der Waals surface area (Å²) in [7, 11) is 1.60. The number of carbonyl (C=O) groups is 1. The Hall–Kier alpha value is -1.80. The van der Waals surface area contributed by atoms with Crippen LogP contribution in [0.3, 0.4) is 0 Å². The van der Waals surface area contributed by atoms with E-state index < -0.39 is 0 Å². The Kier molecular flexibility index (Phi) is 3.91. The van der Waals surface area contributed by atoms with Crippen molar-refractivity contribution in [1.82, 2.24) is 0 Å². The number of ketones is 1. The summed E-state index contributed by atoms with van der Waals surface area (Å²) in [5, 5.41) is 0.564. The fourth-order valence-corrected chi connectivity index (χ4v) is 2.24. The lowest BCUT2D eigenvalue weighted by Gasteiger charge is -2.11. The second-order valence-corrected chi connectivity index (χ2v) is 4.86. The van der Waals surface area contributed by atoms with Crippen molar-refractivity contribution in [3.8, 4) is 5.75 Å². The predicted octanol–water partition coefficient (Wildman–Crippen LogP) is 4.20. The summed E-state index contributed by atoms with van der Waals surface area (Å²) >= 11 is 5.97. The SMILES string of the molecule is COc1cccc(C(=O)c2cc(Cl)ccc2C)c1C. The van der Waals surface area contributed by atoms with E-state index in [1.807, 2.05) is 32.0 Å². The van der Waals surface area contributed by atoms with Crippen LogP contribution in [0.4, 0.5) is 0 Å². The minimum absolute atomic E-state index is 0.0311. The maximum atomic E-state index is 12.6. The zero-order chi connectivity index (χ0) is 14.0. The summed E-state index contributed by atoms with van der Waals surface area (Å²) in [4.78, 5) is 12.6. The molecule has 0 aliphatic rings. The molecule has 2 aromatic carbocycles. The first-order valence-electron chi connectivity index (χ1n) is 5.99. The first-order chi connectivity index (χ1) is 9.04. The zero-order valence-corrected chi connectivity index (χ0v) is 11.9. The number of methoxy groups -OCH3 is 1. The van der Waals surface area contributed by atoms with Gasteiger partial charge >= 0.3 is 0 Å². The fourth-order valence-electron chi connectivity index (χ4n) is 2.07. The van der Waals surface area contributed by atoms with E-state index in [0.717, 1.165) is 11.1 Å². The highest BCUT2D eigenvalue weighted by molar-refractivity contribution is 6.31. The van der Waals surface area contributed by atoms with E-state index in [9.17, 15) is 4.79 Å². The van der Waals surface area contributed by atoms with Crippen molar-refractivity contribution in [1.29, 1.82) is 0 Å². The van der Waals surface area contributed by atoms with Crippen LogP contribution in [-0.2, 0) is 0 Å². The molecule has 2 nitrogen and oxygen atoms in total. The molecule has 2 rings (SSSR count). The third kappa shape index (κ3) is 2.64. The highest BCUT2D eigenvalue weighted by Gasteiger charge is 2.16. The van der Waals surface area contributed by atoms with Crippen molar-refractivity contribution in [3.63, 3.8) is 0 Å². The monoisotopic (exact) mass is 274 g/mol. The van der Waals surface area contributed by atoms with Gasteiger partial charge in [0.15, 0.2) is 5.78 Å². The van der Waals surface area contributed by atoms with E-state index in [0.29, 0.717) is 21.9 Å². The number of rotatable bonds is 3. The molecular formula is C16H15ClO2. The molecule has 0 saturated carbocycles. The van der Waals surface area contributed by atoms with Crippen LogP contribution in [-0.4, -0.2) is 12.9 Å². The van der Waals surface area contributed by atoms with Gasteiger partial charge in [-0.25, -0.2) is 0 Å². The van der Waals surface area contributed by atoms with Gasteiger partial charge in [-0.15, -0.1) is 0 Å². The van der Waals surface area contributed by atoms with Crippen LogP contribution in [0, 0.1) is 13.8 Å². The minimum atomic E-state index is -0.0311. The number of carbonyl (C=O) groups excluding carboxylic acids is 1. The van der Waals surface area contributed by atoms with Crippen molar-refractivity contribution in [2.24, 2.45) is 0 Å². The molecule has 2 aromatic rings. The van der Waals surface area contributed by atoms with Gasteiger partial charge in [0.1, 0.15) is 5.75 Å². The molecule has 0 aliphatic heterocycles. The maximum absolute atomic E-state index is 12.6. The molecule has 0 fully saturated rings. The normalized spacial score (nSPS) is 10.3. The summed E-state index contributed by atoms with van der Waals surface area (Å²) in [5.74, 6) is 0.682. The Balaban J connectivity index is 2.53. The Bertz CT molecular complexity index is 633. The van der Waals surface area contributed by atoms with E-state index in [-0.39, 0.29) is 5.78 Å². The van der Waals surface area contributed by atoms with Crippen LogP contribution in [0.25, 0.3) is 0 Å². The molecular weight excluding hydrogens is 260 g/mol. The van der Waals surface area contributed by atoms with E-state index in [4.69, 9.17) is 16.3 Å². The van der Waals surface area contributed by atoms with Gasteiger partial charge in [0.25, 0.3) is 0 Å². The van der Waals surface area contributed by atoms with Crippen LogP contribution >= 0.6 is 11.6 Å². The summed E-state index contributed by atoms with van der Waals surface area (Å²) < 4.78 is 5.25. The molecule has 0 aromatic heterocycles. The molecule has 0 N–H and O–H groups in total.